The van der Waals surface area contributed by atoms with Gasteiger partial charge in [-0.05, 0) is 36.2 Å². The zero-order chi connectivity index (χ0) is 17.7. The van der Waals surface area contributed by atoms with Gasteiger partial charge in [-0.15, -0.1) is 0 Å². The third kappa shape index (κ3) is 4.39. The number of sulfonamides is 1. The van der Waals surface area contributed by atoms with Gasteiger partial charge in [-0.2, -0.15) is 0 Å². The predicted octanol–water partition coefficient (Wildman–Crippen LogP) is 2.65. The van der Waals surface area contributed by atoms with Gasteiger partial charge in [0.1, 0.15) is 5.82 Å². The van der Waals surface area contributed by atoms with Crippen LogP contribution >= 0.6 is 0 Å². The van der Waals surface area contributed by atoms with E-state index >= 15 is 0 Å². The van der Waals surface area contributed by atoms with E-state index < -0.39 is 10.0 Å². The number of nitrogens with one attached hydrogen (secondary N) is 1. The van der Waals surface area contributed by atoms with Gasteiger partial charge < -0.3 is 5.32 Å². The number of hydrogen-bond acceptors (Lipinski definition) is 3. The lowest BCUT2D eigenvalue weighted by Gasteiger charge is -2.12. The monoisotopic (exact) mass is 350 g/mol. The van der Waals surface area contributed by atoms with E-state index in [-0.39, 0.29) is 29.5 Å². The van der Waals surface area contributed by atoms with Gasteiger partial charge in [0.25, 0.3) is 0 Å². The van der Waals surface area contributed by atoms with Crippen molar-refractivity contribution in [2.75, 3.05) is 19.4 Å². The molecule has 0 saturated heterocycles. The second-order valence-corrected chi connectivity index (χ2v) is 7.61. The molecule has 128 valence electrons. The number of halogens is 1. The number of hydrogen-bond donors (Lipinski definition) is 1. The quantitative estimate of drug-likeness (QED) is 0.871. The highest BCUT2D eigenvalue weighted by molar-refractivity contribution is 7.89. The molecule has 5 nitrogen and oxygen atoms in total. The molecular weight excluding hydrogens is 331 g/mol. The van der Waals surface area contributed by atoms with Gasteiger partial charge in [-0.3, -0.25) is 4.79 Å². The van der Waals surface area contributed by atoms with Gasteiger partial charge in [0.15, 0.2) is 0 Å². The Hall–Kier alpha value is -2.25. The van der Waals surface area contributed by atoms with Crippen molar-refractivity contribution < 1.29 is 17.6 Å². The number of anilines is 1. The molecule has 0 atom stereocenters. The molecule has 0 saturated carbocycles. The standard InChI is InChI=1S/C17H19FN2O3S/c1-20(2)24(22,23)15-8-5-7-14(12-15)19-17(21)11-10-13-6-3-4-9-16(13)18/h3-9,12H,10-11H2,1-2H3,(H,19,21). The first-order valence-electron chi connectivity index (χ1n) is 7.36. The number of amides is 1. The summed E-state index contributed by atoms with van der Waals surface area (Å²) < 4.78 is 38.8. The average Bonchev–Trinajstić information content (AvgIpc) is 2.54. The van der Waals surface area contributed by atoms with Crippen molar-refractivity contribution in [2.24, 2.45) is 0 Å². The topological polar surface area (TPSA) is 66.5 Å². The van der Waals surface area contributed by atoms with Crippen LogP contribution in [0.25, 0.3) is 0 Å². The van der Waals surface area contributed by atoms with Gasteiger partial charge in [-0.25, -0.2) is 17.1 Å². The van der Waals surface area contributed by atoms with E-state index in [2.05, 4.69) is 5.32 Å². The number of carbonyl (C=O) groups excluding carboxylic acids is 1. The molecule has 0 aromatic heterocycles. The summed E-state index contributed by atoms with van der Waals surface area (Å²) in [5.74, 6) is -0.651. The van der Waals surface area contributed by atoms with Gasteiger partial charge >= 0.3 is 0 Å². The van der Waals surface area contributed by atoms with E-state index in [0.717, 1.165) is 4.31 Å². The normalized spacial score (nSPS) is 11.5. The van der Waals surface area contributed by atoms with Crippen LogP contribution in [0.3, 0.4) is 0 Å². The van der Waals surface area contributed by atoms with Crippen LogP contribution in [0.5, 0.6) is 0 Å². The van der Waals surface area contributed by atoms with Gasteiger partial charge in [0.05, 0.1) is 4.90 Å². The summed E-state index contributed by atoms with van der Waals surface area (Å²) in [5, 5.41) is 2.64. The summed E-state index contributed by atoms with van der Waals surface area (Å²) in [6.07, 6.45) is 0.375. The van der Waals surface area contributed by atoms with Crippen LogP contribution in [0.4, 0.5) is 10.1 Å². The molecule has 0 aliphatic heterocycles. The maximum atomic E-state index is 13.5. The van der Waals surface area contributed by atoms with Crippen molar-refractivity contribution in [1.82, 2.24) is 4.31 Å². The lowest BCUT2D eigenvalue weighted by molar-refractivity contribution is -0.116. The Morgan fingerprint density at radius 2 is 1.83 bits per heavy atom. The van der Waals surface area contributed by atoms with Gasteiger partial charge in [0.2, 0.25) is 15.9 Å². The smallest absolute Gasteiger partial charge is 0.242 e. The Bertz CT molecular complexity index is 835. The molecule has 0 heterocycles. The third-order valence-corrected chi connectivity index (χ3v) is 5.29. The van der Waals surface area contributed by atoms with Crippen LogP contribution in [0.2, 0.25) is 0 Å². The van der Waals surface area contributed by atoms with Gasteiger partial charge in [-0.1, -0.05) is 24.3 Å². The minimum atomic E-state index is -3.56. The highest BCUT2D eigenvalue weighted by Gasteiger charge is 2.17. The Kier molecular flexibility index (Phi) is 5.69. The van der Waals surface area contributed by atoms with Crippen molar-refractivity contribution in [3.63, 3.8) is 0 Å². The zero-order valence-electron chi connectivity index (χ0n) is 13.5. The number of rotatable bonds is 6. The molecule has 2 aromatic carbocycles. The number of benzene rings is 2. The molecule has 0 fully saturated rings. The van der Waals surface area contributed by atoms with E-state index in [1.165, 1.54) is 32.3 Å². The van der Waals surface area contributed by atoms with Crippen LogP contribution in [0, 0.1) is 5.82 Å². The SMILES string of the molecule is CN(C)S(=O)(=O)c1cccc(NC(=O)CCc2ccccc2F)c1. The summed E-state index contributed by atoms with van der Waals surface area (Å²) in [7, 11) is -0.685. The molecule has 0 unspecified atom stereocenters. The fourth-order valence-electron chi connectivity index (χ4n) is 2.12. The fraction of sp³-hybridized carbons (Fsp3) is 0.235. The first-order valence-corrected chi connectivity index (χ1v) is 8.80. The Balaban J connectivity index is 2.04. The maximum absolute atomic E-state index is 13.5. The Morgan fingerprint density at radius 3 is 2.50 bits per heavy atom. The summed E-state index contributed by atoms with van der Waals surface area (Å²) in [6.45, 7) is 0. The molecule has 24 heavy (non-hydrogen) atoms. The molecule has 0 radical (unpaired) electrons. The first-order chi connectivity index (χ1) is 11.3. The average molecular weight is 350 g/mol. The lowest BCUT2D eigenvalue weighted by Crippen LogP contribution is -2.22. The second kappa shape index (κ2) is 7.55. The highest BCUT2D eigenvalue weighted by atomic mass is 32.2. The number of aryl methyl sites for hydroxylation is 1. The fourth-order valence-corrected chi connectivity index (χ4v) is 3.07. The Labute approximate surface area is 141 Å². The molecule has 0 spiro atoms. The van der Waals surface area contributed by atoms with Crippen LogP contribution in [0.1, 0.15) is 12.0 Å². The lowest BCUT2D eigenvalue weighted by atomic mass is 10.1. The summed E-state index contributed by atoms with van der Waals surface area (Å²) in [6, 6.07) is 12.3. The molecule has 2 aromatic rings. The molecule has 1 N–H and O–H groups in total. The van der Waals surface area contributed by atoms with Crippen LogP contribution < -0.4 is 5.32 Å². The van der Waals surface area contributed by atoms with Crippen molar-refractivity contribution in [1.29, 1.82) is 0 Å². The molecule has 0 aliphatic carbocycles. The minimum Gasteiger partial charge on any atom is -0.326 e. The Morgan fingerprint density at radius 1 is 1.12 bits per heavy atom. The van der Waals surface area contributed by atoms with Crippen LogP contribution in [0.15, 0.2) is 53.4 Å². The molecule has 7 heteroatoms. The number of carbonyl (C=O) groups is 1. The van der Waals surface area contributed by atoms with Crippen molar-refractivity contribution >= 4 is 21.6 Å². The van der Waals surface area contributed by atoms with Crippen LogP contribution in [-0.2, 0) is 21.2 Å². The second-order valence-electron chi connectivity index (χ2n) is 5.45. The molecule has 2 rings (SSSR count). The van der Waals surface area contributed by atoms with E-state index in [0.29, 0.717) is 11.3 Å². The van der Waals surface area contributed by atoms with Crippen molar-refractivity contribution in [2.45, 2.75) is 17.7 Å². The summed E-state index contributed by atoms with van der Waals surface area (Å²) >= 11 is 0. The van der Waals surface area contributed by atoms with E-state index in [1.807, 2.05) is 0 Å². The van der Waals surface area contributed by atoms with E-state index in [4.69, 9.17) is 0 Å². The largest absolute Gasteiger partial charge is 0.326 e. The maximum Gasteiger partial charge on any atom is 0.242 e. The number of nitrogens with zero attached hydrogens (tertiary/aromatic N) is 1. The molecule has 1 amide bonds. The zero-order valence-corrected chi connectivity index (χ0v) is 14.3. The first kappa shape index (κ1) is 18.1. The van der Waals surface area contributed by atoms with Gasteiger partial charge in [0, 0.05) is 26.2 Å². The van der Waals surface area contributed by atoms with E-state index in [1.54, 1.807) is 30.3 Å². The molecule has 0 aliphatic rings. The third-order valence-electron chi connectivity index (χ3n) is 3.48. The minimum absolute atomic E-state index is 0.0967. The summed E-state index contributed by atoms with van der Waals surface area (Å²) in [4.78, 5) is 12.1. The summed E-state index contributed by atoms with van der Waals surface area (Å²) in [5.41, 5.74) is 0.855. The molecule has 0 bridgehead atoms. The van der Waals surface area contributed by atoms with E-state index in [9.17, 15) is 17.6 Å². The van der Waals surface area contributed by atoms with Crippen LogP contribution in [-0.4, -0.2) is 32.7 Å². The highest BCUT2D eigenvalue weighted by Crippen LogP contribution is 2.18. The van der Waals surface area contributed by atoms with Crippen molar-refractivity contribution in [3.05, 3.63) is 59.9 Å². The van der Waals surface area contributed by atoms with Crippen molar-refractivity contribution in [3.8, 4) is 0 Å². The molecular formula is C17H19FN2O3S. The predicted molar refractivity (Wildman–Crippen MR) is 90.7 cm³/mol.